The van der Waals surface area contributed by atoms with Crippen molar-refractivity contribution in [3.05, 3.63) is 65.7 Å². The zero-order chi connectivity index (χ0) is 16.8. The standard InChI is InChI=1S/C20H24O3/c1-14(2)18-12-17(15(3)21)13-19(22-4)20(18)23-11-10-16-8-6-5-7-9-16/h5-9,12-14,21H,3,10-11H2,1-2,4H3. The molecule has 2 aromatic rings. The van der Waals surface area contributed by atoms with Gasteiger partial charge in [-0.2, -0.15) is 0 Å². The summed E-state index contributed by atoms with van der Waals surface area (Å²) in [6.45, 7) is 8.33. The monoisotopic (exact) mass is 312 g/mol. The van der Waals surface area contributed by atoms with Crippen molar-refractivity contribution in [2.45, 2.75) is 26.2 Å². The fourth-order valence-corrected chi connectivity index (χ4v) is 2.44. The lowest BCUT2D eigenvalue weighted by atomic mass is 9.98. The lowest BCUT2D eigenvalue weighted by molar-refractivity contribution is 0.293. The Bertz CT molecular complexity index is 660. The molecular formula is C20H24O3. The summed E-state index contributed by atoms with van der Waals surface area (Å²) in [5.41, 5.74) is 2.89. The maximum atomic E-state index is 9.67. The first kappa shape index (κ1) is 16.9. The van der Waals surface area contributed by atoms with Gasteiger partial charge in [-0.1, -0.05) is 50.8 Å². The molecule has 0 heterocycles. The third kappa shape index (κ3) is 4.28. The molecule has 3 heteroatoms. The molecule has 0 aliphatic carbocycles. The van der Waals surface area contributed by atoms with E-state index in [4.69, 9.17) is 9.47 Å². The first-order valence-corrected chi connectivity index (χ1v) is 7.79. The number of methoxy groups -OCH3 is 1. The van der Waals surface area contributed by atoms with Gasteiger partial charge in [-0.15, -0.1) is 0 Å². The average Bonchev–Trinajstić information content (AvgIpc) is 2.55. The Morgan fingerprint density at radius 3 is 2.43 bits per heavy atom. The van der Waals surface area contributed by atoms with Gasteiger partial charge in [0.05, 0.1) is 13.7 Å². The summed E-state index contributed by atoms with van der Waals surface area (Å²) >= 11 is 0. The third-order valence-electron chi connectivity index (χ3n) is 3.74. The van der Waals surface area contributed by atoms with Crippen LogP contribution in [0.3, 0.4) is 0 Å². The van der Waals surface area contributed by atoms with Gasteiger partial charge in [0, 0.05) is 17.5 Å². The van der Waals surface area contributed by atoms with Crippen molar-refractivity contribution in [2.75, 3.05) is 13.7 Å². The van der Waals surface area contributed by atoms with Crippen LogP contribution in [-0.2, 0) is 6.42 Å². The van der Waals surface area contributed by atoms with Gasteiger partial charge in [-0.3, -0.25) is 0 Å². The van der Waals surface area contributed by atoms with E-state index >= 15 is 0 Å². The summed E-state index contributed by atoms with van der Waals surface area (Å²) in [4.78, 5) is 0. The number of aliphatic hydroxyl groups is 1. The van der Waals surface area contributed by atoms with Gasteiger partial charge in [-0.05, 0) is 23.6 Å². The van der Waals surface area contributed by atoms with Gasteiger partial charge in [0.1, 0.15) is 5.76 Å². The van der Waals surface area contributed by atoms with E-state index < -0.39 is 0 Å². The molecule has 23 heavy (non-hydrogen) atoms. The van der Waals surface area contributed by atoms with Crippen LogP contribution < -0.4 is 9.47 Å². The van der Waals surface area contributed by atoms with Crippen LogP contribution in [0.2, 0.25) is 0 Å². The van der Waals surface area contributed by atoms with Crippen LogP contribution in [0.4, 0.5) is 0 Å². The predicted molar refractivity (Wildman–Crippen MR) is 94.4 cm³/mol. The quantitative estimate of drug-likeness (QED) is 0.734. The minimum Gasteiger partial charge on any atom is -0.508 e. The molecule has 122 valence electrons. The van der Waals surface area contributed by atoms with E-state index in [-0.39, 0.29) is 11.7 Å². The molecular weight excluding hydrogens is 288 g/mol. The molecule has 0 bridgehead atoms. The van der Waals surface area contributed by atoms with Crippen LogP contribution in [0, 0.1) is 0 Å². The number of ether oxygens (including phenoxy) is 2. The van der Waals surface area contributed by atoms with Gasteiger partial charge in [0.25, 0.3) is 0 Å². The van der Waals surface area contributed by atoms with Crippen molar-refractivity contribution in [2.24, 2.45) is 0 Å². The highest BCUT2D eigenvalue weighted by molar-refractivity contribution is 5.63. The maximum Gasteiger partial charge on any atom is 0.164 e. The second-order valence-electron chi connectivity index (χ2n) is 5.78. The van der Waals surface area contributed by atoms with Gasteiger partial charge in [0.2, 0.25) is 0 Å². The fraction of sp³-hybridized carbons (Fsp3) is 0.300. The SMILES string of the molecule is C=C(O)c1cc(OC)c(OCCc2ccccc2)c(C(C)C)c1. The minimum absolute atomic E-state index is 0.0287. The smallest absolute Gasteiger partial charge is 0.164 e. The van der Waals surface area contributed by atoms with Crippen LogP contribution in [-0.4, -0.2) is 18.8 Å². The molecule has 0 saturated heterocycles. The summed E-state index contributed by atoms with van der Waals surface area (Å²) in [5.74, 6) is 1.63. The summed E-state index contributed by atoms with van der Waals surface area (Å²) in [7, 11) is 1.60. The summed E-state index contributed by atoms with van der Waals surface area (Å²) in [5, 5.41) is 9.67. The number of rotatable bonds is 7. The first-order chi connectivity index (χ1) is 11.0. The molecule has 3 nitrogen and oxygen atoms in total. The predicted octanol–water partition coefficient (Wildman–Crippen LogP) is 4.97. The minimum atomic E-state index is 0.0287. The van der Waals surface area contributed by atoms with Gasteiger partial charge in [-0.25, -0.2) is 0 Å². The van der Waals surface area contributed by atoms with Crippen molar-refractivity contribution < 1.29 is 14.6 Å². The number of hydrogen-bond acceptors (Lipinski definition) is 3. The molecule has 2 aromatic carbocycles. The molecule has 0 aromatic heterocycles. The molecule has 0 aliphatic heterocycles. The van der Waals surface area contributed by atoms with Crippen molar-refractivity contribution in [3.63, 3.8) is 0 Å². The van der Waals surface area contributed by atoms with Gasteiger partial charge >= 0.3 is 0 Å². The van der Waals surface area contributed by atoms with Crippen molar-refractivity contribution in [3.8, 4) is 11.5 Å². The zero-order valence-corrected chi connectivity index (χ0v) is 14.0. The topological polar surface area (TPSA) is 38.7 Å². The van der Waals surface area contributed by atoms with E-state index in [0.29, 0.717) is 17.9 Å². The first-order valence-electron chi connectivity index (χ1n) is 7.79. The van der Waals surface area contributed by atoms with Crippen LogP contribution in [0.5, 0.6) is 11.5 Å². The van der Waals surface area contributed by atoms with E-state index in [9.17, 15) is 5.11 Å². The van der Waals surface area contributed by atoms with E-state index in [2.05, 4.69) is 32.6 Å². The second kappa shape index (κ2) is 7.73. The third-order valence-corrected chi connectivity index (χ3v) is 3.74. The van der Waals surface area contributed by atoms with Crippen LogP contribution >= 0.6 is 0 Å². The largest absolute Gasteiger partial charge is 0.508 e. The summed E-state index contributed by atoms with van der Waals surface area (Å²) in [6, 6.07) is 13.9. The lowest BCUT2D eigenvalue weighted by Crippen LogP contribution is -2.06. The molecule has 0 spiro atoms. The lowest BCUT2D eigenvalue weighted by Gasteiger charge is -2.19. The summed E-state index contributed by atoms with van der Waals surface area (Å²) in [6.07, 6.45) is 0.829. The Balaban J connectivity index is 2.23. The maximum absolute atomic E-state index is 9.67. The molecule has 1 N–H and O–H groups in total. The second-order valence-corrected chi connectivity index (χ2v) is 5.78. The van der Waals surface area contributed by atoms with Gasteiger partial charge in [0.15, 0.2) is 11.5 Å². The molecule has 0 saturated carbocycles. The molecule has 0 aliphatic rings. The molecule has 0 fully saturated rings. The fourth-order valence-electron chi connectivity index (χ4n) is 2.44. The molecule has 0 atom stereocenters. The van der Waals surface area contributed by atoms with Crippen molar-refractivity contribution in [1.29, 1.82) is 0 Å². The Morgan fingerprint density at radius 2 is 1.87 bits per heavy atom. The van der Waals surface area contributed by atoms with Crippen molar-refractivity contribution in [1.82, 2.24) is 0 Å². The Hall–Kier alpha value is -2.42. The van der Waals surface area contributed by atoms with E-state index in [1.54, 1.807) is 13.2 Å². The Morgan fingerprint density at radius 1 is 1.17 bits per heavy atom. The molecule has 0 unspecified atom stereocenters. The average molecular weight is 312 g/mol. The van der Waals surface area contributed by atoms with Crippen molar-refractivity contribution >= 4 is 5.76 Å². The highest BCUT2D eigenvalue weighted by Gasteiger charge is 2.17. The summed E-state index contributed by atoms with van der Waals surface area (Å²) < 4.78 is 11.5. The Kier molecular flexibility index (Phi) is 5.69. The van der Waals surface area contributed by atoms with E-state index in [0.717, 1.165) is 17.7 Å². The zero-order valence-electron chi connectivity index (χ0n) is 14.0. The van der Waals surface area contributed by atoms with Crippen LogP contribution in [0.15, 0.2) is 49.0 Å². The van der Waals surface area contributed by atoms with E-state index in [1.807, 2.05) is 24.3 Å². The number of aliphatic hydroxyl groups excluding tert-OH is 1. The van der Waals surface area contributed by atoms with Crippen LogP contribution in [0.1, 0.15) is 36.5 Å². The number of hydrogen-bond donors (Lipinski definition) is 1. The Labute approximate surface area is 138 Å². The number of benzene rings is 2. The normalized spacial score (nSPS) is 10.6. The molecule has 0 radical (unpaired) electrons. The highest BCUT2D eigenvalue weighted by Crippen LogP contribution is 2.38. The van der Waals surface area contributed by atoms with E-state index in [1.165, 1.54) is 5.56 Å². The highest BCUT2D eigenvalue weighted by atomic mass is 16.5. The molecule has 0 amide bonds. The van der Waals surface area contributed by atoms with Crippen LogP contribution in [0.25, 0.3) is 5.76 Å². The molecule has 2 rings (SSSR count). The van der Waals surface area contributed by atoms with Gasteiger partial charge < -0.3 is 14.6 Å².